The molecular formula is C21H22N6O. The number of nitrogens with zero attached hydrogens (tertiary/aromatic N) is 4. The molecule has 0 spiro atoms. The minimum Gasteiger partial charge on any atom is -0.369 e. The van der Waals surface area contributed by atoms with Crippen LogP contribution in [0.2, 0.25) is 0 Å². The van der Waals surface area contributed by atoms with E-state index in [9.17, 15) is 4.79 Å². The van der Waals surface area contributed by atoms with Crippen molar-refractivity contribution in [1.29, 1.82) is 0 Å². The van der Waals surface area contributed by atoms with Crippen LogP contribution < -0.4 is 16.0 Å². The molecule has 7 nitrogen and oxygen atoms in total. The van der Waals surface area contributed by atoms with Crippen LogP contribution in [0.3, 0.4) is 0 Å². The lowest BCUT2D eigenvalue weighted by Gasteiger charge is -2.33. The summed E-state index contributed by atoms with van der Waals surface area (Å²) in [4.78, 5) is 24.4. The largest absolute Gasteiger partial charge is 0.369 e. The summed E-state index contributed by atoms with van der Waals surface area (Å²) in [5.74, 6) is -0.160. The molecule has 142 valence electrons. The van der Waals surface area contributed by atoms with Crippen molar-refractivity contribution in [1.82, 2.24) is 19.7 Å². The zero-order valence-electron chi connectivity index (χ0n) is 15.7. The standard InChI is InChI=1S/C21H22N6O/c1-23-21(28)15-11-14-17(26-10-4-5-13(22)12-26)8-9-24-19(14)27-18-7-3-2-6-16(18)25-20(15)27/h2-3,6-9,11,13H,4-5,10,12,22H2,1H3,(H,23,28)/t13-/m1/s1. The summed E-state index contributed by atoms with van der Waals surface area (Å²) in [5.41, 5.74) is 11.0. The number of benzene rings is 1. The smallest absolute Gasteiger partial charge is 0.254 e. The Hall–Kier alpha value is -3.19. The third-order valence-corrected chi connectivity index (χ3v) is 5.52. The van der Waals surface area contributed by atoms with Gasteiger partial charge in [0.2, 0.25) is 0 Å². The summed E-state index contributed by atoms with van der Waals surface area (Å²) in [6, 6.07) is 12.0. The maximum absolute atomic E-state index is 12.7. The molecule has 0 radical (unpaired) electrons. The van der Waals surface area contributed by atoms with E-state index in [0.717, 1.165) is 53.7 Å². The summed E-state index contributed by atoms with van der Waals surface area (Å²) in [7, 11) is 1.64. The van der Waals surface area contributed by atoms with Gasteiger partial charge in [0, 0.05) is 43.4 Å². The van der Waals surface area contributed by atoms with Gasteiger partial charge in [-0.05, 0) is 37.1 Å². The van der Waals surface area contributed by atoms with Crippen LogP contribution in [-0.2, 0) is 0 Å². The molecule has 0 bridgehead atoms. The lowest BCUT2D eigenvalue weighted by molar-refractivity contribution is 0.0964. The van der Waals surface area contributed by atoms with Crippen molar-refractivity contribution < 1.29 is 4.79 Å². The number of pyridine rings is 2. The van der Waals surface area contributed by atoms with E-state index in [1.165, 1.54) is 0 Å². The maximum atomic E-state index is 12.7. The number of carbonyl (C=O) groups is 1. The number of aromatic nitrogens is 3. The average Bonchev–Trinajstić information content (AvgIpc) is 3.12. The monoisotopic (exact) mass is 374 g/mol. The summed E-state index contributed by atoms with van der Waals surface area (Å²) in [6.07, 6.45) is 3.93. The number of fused-ring (bicyclic) bond motifs is 5. The van der Waals surface area contributed by atoms with Gasteiger partial charge in [-0.3, -0.25) is 9.20 Å². The molecule has 1 aromatic carbocycles. The molecule has 1 aliphatic rings. The maximum Gasteiger partial charge on any atom is 0.254 e. The lowest BCUT2D eigenvalue weighted by Crippen LogP contribution is -2.42. The molecule has 0 unspecified atom stereocenters. The molecule has 1 amide bonds. The van der Waals surface area contributed by atoms with Crippen LogP contribution in [-0.4, -0.2) is 46.5 Å². The molecule has 5 rings (SSSR count). The number of anilines is 1. The highest BCUT2D eigenvalue weighted by molar-refractivity contribution is 6.07. The summed E-state index contributed by atoms with van der Waals surface area (Å²) in [6.45, 7) is 1.75. The number of hydrogen-bond donors (Lipinski definition) is 2. The SMILES string of the molecule is CNC(=O)c1cc2c(N3CCC[C@@H](N)C3)ccnc2n2c1nc1ccccc12. The van der Waals surface area contributed by atoms with Crippen molar-refractivity contribution in [2.24, 2.45) is 5.73 Å². The molecular weight excluding hydrogens is 352 g/mol. The Labute approximate surface area is 162 Å². The quantitative estimate of drug-likeness (QED) is 0.562. The van der Waals surface area contributed by atoms with Gasteiger partial charge in [0.25, 0.3) is 5.91 Å². The second kappa shape index (κ2) is 6.45. The molecule has 7 heteroatoms. The van der Waals surface area contributed by atoms with E-state index in [-0.39, 0.29) is 11.9 Å². The molecule has 0 aliphatic carbocycles. The Balaban J connectivity index is 1.88. The fourth-order valence-electron chi connectivity index (χ4n) is 4.21. The van der Waals surface area contributed by atoms with Gasteiger partial charge in [-0.2, -0.15) is 0 Å². The lowest BCUT2D eigenvalue weighted by atomic mass is 10.0. The van der Waals surface area contributed by atoms with Crippen LogP contribution >= 0.6 is 0 Å². The molecule has 3 aromatic heterocycles. The molecule has 1 fully saturated rings. The number of nitrogens with one attached hydrogen (secondary N) is 1. The molecule has 28 heavy (non-hydrogen) atoms. The fourth-order valence-corrected chi connectivity index (χ4v) is 4.21. The highest BCUT2D eigenvalue weighted by atomic mass is 16.1. The molecule has 3 N–H and O–H groups in total. The first-order valence-corrected chi connectivity index (χ1v) is 9.59. The van der Waals surface area contributed by atoms with Crippen molar-refractivity contribution in [3.8, 4) is 0 Å². The number of nitrogens with two attached hydrogens (primary N) is 1. The molecule has 1 atom stereocenters. The van der Waals surface area contributed by atoms with Crippen molar-refractivity contribution in [3.05, 3.63) is 48.2 Å². The van der Waals surface area contributed by atoms with E-state index < -0.39 is 0 Å². The van der Waals surface area contributed by atoms with E-state index in [4.69, 9.17) is 10.7 Å². The van der Waals surface area contributed by atoms with Gasteiger partial charge in [0.15, 0.2) is 5.65 Å². The molecule has 1 aliphatic heterocycles. The molecule has 4 aromatic rings. The minimum absolute atomic E-state index is 0.160. The molecule has 0 saturated carbocycles. The highest BCUT2D eigenvalue weighted by Gasteiger charge is 2.23. The number of hydrogen-bond acceptors (Lipinski definition) is 5. The van der Waals surface area contributed by atoms with Crippen LogP contribution in [0.15, 0.2) is 42.6 Å². The van der Waals surface area contributed by atoms with Gasteiger partial charge in [-0.15, -0.1) is 0 Å². The second-order valence-corrected chi connectivity index (χ2v) is 7.31. The van der Waals surface area contributed by atoms with Gasteiger partial charge in [-0.25, -0.2) is 9.97 Å². The third kappa shape index (κ3) is 2.51. The van der Waals surface area contributed by atoms with Gasteiger partial charge in [0.1, 0.15) is 5.65 Å². The van der Waals surface area contributed by atoms with Crippen LogP contribution in [0.25, 0.3) is 27.7 Å². The number of piperidine rings is 1. The van der Waals surface area contributed by atoms with E-state index in [2.05, 4.69) is 15.2 Å². The van der Waals surface area contributed by atoms with Gasteiger partial charge < -0.3 is 16.0 Å². The van der Waals surface area contributed by atoms with Crippen LogP contribution in [0.4, 0.5) is 5.69 Å². The Kier molecular flexibility index (Phi) is 3.91. The molecule has 1 saturated heterocycles. The Bertz CT molecular complexity index is 1210. The zero-order valence-corrected chi connectivity index (χ0v) is 15.7. The first-order valence-electron chi connectivity index (χ1n) is 9.59. The number of para-hydroxylation sites is 2. The number of rotatable bonds is 2. The Morgan fingerprint density at radius 2 is 2.11 bits per heavy atom. The van der Waals surface area contributed by atoms with Crippen molar-refractivity contribution in [2.75, 3.05) is 25.0 Å². The first-order chi connectivity index (χ1) is 13.7. The van der Waals surface area contributed by atoms with Crippen molar-refractivity contribution in [3.63, 3.8) is 0 Å². The van der Waals surface area contributed by atoms with Gasteiger partial charge in [0.05, 0.1) is 16.6 Å². The average molecular weight is 374 g/mol. The van der Waals surface area contributed by atoms with Crippen molar-refractivity contribution in [2.45, 2.75) is 18.9 Å². The predicted molar refractivity (Wildman–Crippen MR) is 111 cm³/mol. The van der Waals surface area contributed by atoms with E-state index in [1.54, 1.807) is 7.05 Å². The van der Waals surface area contributed by atoms with E-state index in [0.29, 0.717) is 11.2 Å². The Morgan fingerprint density at radius 1 is 1.25 bits per heavy atom. The summed E-state index contributed by atoms with van der Waals surface area (Å²) in [5, 5.41) is 3.68. The Morgan fingerprint density at radius 3 is 2.93 bits per heavy atom. The second-order valence-electron chi connectivity index (χ2n) is 7.31. The van der Waals surface area contributed by atoms with E-state index >= 15 is 0 Å². The molecule has 4 heterocycles. The normalized spacial score (nSPS) is 17.5. The van der Waals surface area contributed by atoms with Gasteiger partial charge in [-0.1, -0.05) is 12.1 Å². The summed E-state index contributed by atoms with van der Waals surface area (Å²) >= 11 is 0. The number of amides is 1. The zero-order chi connectivity index (χ0) is 19.3. The van der Waals surface area contributed by atoms with Crippen LogP contribution in [0, 0.1) is 0 Å². The van der Waals surface area contributed by atoms with Crippen LogP contribution in [0.1, 0.15) is 23.2 Å². The number of imidazole rings is 1. The van der Waals surface area contributed by atoms with E-state index in [1.807, 2.05) is 47.0 Å². The highest BCUT2D eigenvalue weighted by Crippen LogP contribution is 2.32. The first kappa shape index (κ1) is 16.9. The third-order valence-electron chi connectivity index (χ3n) is 5.52. The predicted octanol–water partition coefficient (Wildman–Crippen LogP) is 2.32. The van der Waals surface area contributed by atoms with Crippen molar-refractivity contribution >= 4 is 39.3 Å². The summed E-state index contributed by atoms with van der Waals surface area (Å²) < 4.78 is 1.99. The van der Waals surface area contributed by atoms with Crippen LogP contribution in [0.5, 0.6) is 0 Å². The fraction of sp³-hybridized carbons (Fsp3) is 0.286. The minimum atomic E-state index is -0.160. The topological polar surface area (TPSA) is 88.5 Å². The van der Waals surface area contributed by atoms with Gasteiger partial charge >= 0.3 is 0 Å². The number of carbonyl (C=O) groups excluding carboxylic acids is 1.